The lowest BCUT2D eigenvalue weighted by molar-refractivity contribution is 0.589. The second-order valence-electron chi connectivity index (χ2n) is 24.1. The van der Waals surface area contributed by atoms with Crippen LogP contribution in [0.5, 0.6) is 0 Å². The third-order valence-electron chi connectivity index (χ3n) is 16.9. The van der Waals surface area contributed by atoms with Crippen LogP contribution in [0.15, 0.2) is 278 Å². The van der Waals surface area contributed by atoms with Crippen molar-refractivity contribution in [1.29, 1.82) is 0 Å². The molecule has 0 radical (unpaired) electrons. The number of hydrogen-bond acceptors (Lipinski definition) is 3. The molecule has 0 saturated heterocycles. The van der Waals surface area contributed by atoms with Crippen LogP contribution in [0.1, 0.15) is 75.3 Å². The normalized spacial score (nSPS) is 12.8. The number of rotatable bonds is 10. The molecule has 0 aliphatic carbocycles. The first-order valence-corrected chi connectivity index (χ1v) is 28.8. The van der Waals surface area contributed by atoms with Crippen molar-refractivity contribution in [2.45, 2.75) is 58.3 Å². The molecular formula is C77H64BN3O. The van der Waals surface area contributed by atoms with Gasteiger partial charge in [-0.15, -0.1) is 0 Å². The highest BCUT2D eigenvalue weighted by atomic mass is 16.3. The predicted molar refractivity (Wildman–Crippen MR) is 345 cm³/mol. The molecule has 12 aromatic rings. The summed E-state index contributed by atoms with van der Waals surface area (Å²) in [5.41, 5.74) is 23.8. The summed E-state index contributed by atoms with van der Waals surface area (Å²) in [6, 6.07) is 98.3. The summed E-state index contributed by atoms with van der Waals surface area (Å²) in [5, 5.41) is 0. The Morgan fingerprint density at radius 2 is 0.732 bits per heavy atom. The van der Waals surface area contributed by atoms with Crippen LogP contribution in [0.2, 0.25) is 0 Å². The summed E-state index contributed by atoms with van der Waals surface area (Å²) in [5.74, 6) is 1.77. The van der Waals surface area contributed by atoms with E-state index in [-0.39, 0.29) is 23.6 Å². The smallest absolute Gasteiger partial charge is 0.378 e. The van der Waals surface area contributed by atoms with E-state index >= 15 is 0 Å². The molecule has 5 heteroatoms. The van der Waals surface area contributed by atoms with Crippen LogP contribution in [0.4, 0.5) is 34.3 Å². The summed E-state index contributed by atoms with van der Waals surface area (Å²) >= 11 is 0. The van der Waals surface area contributed by atoms with Crippen molar-refractivity contribution in [3.8, 4) is 55.8 Å². The van der Waals surface area contributed by atoms with E-state index in [0.717, 1.165) is 101 Å². The Morgan fingerprint density at radius 1 is 0.354 bits per heavy atom. The van der Waals surface area contributed by atoms with Gasteiger partial charge in [-0.25, -0.2) is 0 Å². The van der Waals surface area contributed by atoms with E-state index < -0.39 is 0 Å². The molecule has 2 aliphatic rings. The molecule has 0 N–H and O–H groups in total. The van der Waals surface area contributed by atoms with Crippen LogP contribution < -0.4 is 20.9 Å². The minimum absolute atomic E-state index is 0.00189. The summed E-state index contributed by atoms with van der Waals surface area (Å²) in [7, 11) is 0. The zero-order valence-corrected chi connectivity index (χ0v) is 47.4. The number of fused-ring (bicyclic) bond motifs is 4. The predicted octanol–water partition coefficient (Wildman–Crippen LogP) is 19.4. The van der Waals surface area contributed by atoms with Gasteiger partial charge in [0.05, 0.1) is 17.1 Å². The Kier molecular flexibility index (Phi) is 12.5. The molecule has 0 atom stereocenters. The van der Waals surface area contributed by atoms with Crippen LogP contribution in [0.3, 0.4) is 0 Å². The van der Waals surface area contributed by atoms with E-state index in [9.17, 15) is 0 Å². The second kappa shape index (κ2) is 20.2. The van der Waals surface area contributed by atoms with Crippen molar-refractivity contribution in [2.24, 2.45) is 0 Å². The highest BCUT2D eigenvalue weighted by Crippen LogP contribution is 2.54. The Morgan fingerprint density at radius 3 is 1.15 bits per heavy atom. The number of furan rings is 1. The van der Waals surface area contributed by atoms with Gasteiger partial charge in [-0.1, -0.05) is 284 Å². The number of benzene rings is 10. The first kappa shape index (κ1) is 50.6. The zero-order valence-electron chi connectivity index (χ0n) is 47.4. The molecule has 2 aromatic heterocycles. The fraction of sp³-hybridized carbons (Fsp3) is 0.117. The number of nitrogens with zero attached hydrogens (tertiary/aromatic N) is 3. The molecule has 0 amide bonds. The largest absolute Gasteiger partial charge is 0.466 e. The molecule has 396 valence electrons. The Hall–Kier alpha value is -9.58. The van der Waals surface area contributed by atoms with Gasteiger partial charge < -0.3 is 13.8 Å². The maximum Gasteiger partial charge on any atom is 0.378 e. The number of aromatic nitrogens is 1. The van der Waals surface area contributed by atoms with Crippen molar-refractivity contribution >= 4 is 52.2 Å². The molecule has 0 spiro atoms. The van der Waals surface area contributed by atoms with Gasteiger partial charge in [-0.3, -0.25) is 4.90 Å². The molecule has 0 bridgehead atoms. The monoisotopic (exact) mass is 1060 g/mol. The minimum Gasteiger partial charge on any atom is -0.466 e. The Balaban J connectivity index is 1.10. The molecule has 4 heterocycles. The van der Waals surface area contributed by atoms with Crippen LogP contribution >= 0.6 is 0 Å². The Labute approximate surface area is 483 Å². The molecule has 0 saturated carbocycles. The van der Waals surface area contributed by atoms with Crippen molar-refractivity contribution in [3.63, 3.8) is 0 Å². The van der Waals surface area contributed by atoms with Gasteiger partial charge in [-0.2, -0.15) is 0 Å². The lowest BCUT2D eigenvalue weighted by atomic mass is 9.49. The van der Waals surface area contributed by atoms with Crippen molar-refractivity contribution in [1.82, 2.24) is 4.48 Å². The zero-order chi connectivity index (χ0) is 55.7. The number of para-hydroxylation sites is 2. The standard InChI is InChI=1S/C77H64BN3O/c1-76(2,3)60-45-41-57(42-46-60)71(58-43-47-61(48-44-58)77(4,5)6)59-49-70-79(51-59)78-72-66(39-24-40-67(72)81(70)74-64(54-29-16-9-17-30-54)37-23-38-65(74)55-31-18-10-19-32-55)80(68-50-69(82-75(68)78)56-33-20-11-21-34-56)73-62(52-25-12-7-13-26-52)35-22-36-63(73)53-27-14-8-15-28-53/h7-51,71H,1-6H3. The molecule has 0 fully saturated rings. The van der Waals surface area contributed by atoms with Crippen molar-refractivity contribution in [3.05, 3.63) is 301 Å². The van der Waals surface area contributed by atoms with E-state index in [4.69, 9.17) is 4.42 Å². The summed E-state index contributed by atoms with van der Waals surface area (Å²) in [6.07, 6.45) is 2.46. The van der Waals surface area contributed by atoms with Crippen LogP contribution in [0, 0.1) is 0 Å². The lowest BCUT2D eigenvalue weighted by Crippen LogP contribution is -2.57. The van der Waals surface area contributed by atoms with E-state index in [0.29, 0.717) is 0 Å². The maximum absolute atomic E-state index is 7.62. The highest BCUT2D eigenvalue weighted by Gasteiger charge is 2.48. The summed E-state index contributed by atoms with van der Waals surface area (Å²) in [4.78, 5) is 5.10. The molecule has 0 unspecified atom stereocenters. The molecule has 82 heavy (non-hydrogen) atoms. The average Bonchev–Trinajstić information content (AvgIpc) is 2.50. The lowest BCUT2D eigenvalue weighted by Gasteiger charge is -2.43. The van der Waals surface area contributed by atoms with Crippen LogP contribution in [-0.4, -0.2) is 11.3 Å². The molecule has 14 rings (SSSR count). The van der Waals surface area contributed by atoms with Gasteiger partial charge in [0, 0.05) is 56.6 Å². The maximum atomic E-state index is 7.62. The highest BCUT2D eigenvalue weighted by molar-refractivity contribution is 6.88. The quantitative estimate of drug-likeness (QED) is 0.128. The SMILES string of the molecule is CC(C)(C)c1ccc(C(c2ccc(C(C)(C)C)cc2)c2cc3n(c2)B2c4oc(-c5ccccc5)cc4N(c4c(-c5ccccc5)cccc4-c4ccccc4)c4cccc(c42)N3c2c(-c3ccccc3)cccc2-c2ccccc2)cc1. The number of anilines is 6. The van der Waals surface area contributed by atoms with Crippen LogP contribution in [-0.2, 0) is 10.8 Å². The van der Waals surface area contributed by atoms with E-state index in [1.54, 1.807) is 0 Å². The topological polar surface area (TPSA) is 24.6 Å². The molecule has 2 aliphatic heterocycles. The first-order chi connectivity index (χ1) is 40.0. The third kappa shape index (κ3) is 8.80. The van der Waals surface area contributed by atoms with Crippen molar-refractivity contribution in [2.75, 3.05) is 9.80 Å². The first-order valence-electron chi connectivity index (χ1n) is 28.8. The Bertz CT molecular complexity index is 4090. The van der Waals surface area contributed by atoms with Gasteiger partial charge in [0.15, 0.2) is 0 Å². The molecule has 4 nitrogen and oxygen atoms in total. The average molecular weight is 1060 g/mol. The van der Waals surface area contributed by atoms with Gasteiger partial charge in [0.2, 0.25) is 0 Å². The van der Waals surface area contributed by atoms with Crippen molar-refractivity contribution < 1.29 is 4.42 Å². The van der Waals surface area contributed by atoms with E-state index in [1.165, 1.54) is 27.8 Å². The minimum atomic E-state index is -0.366. The van der Waals surface area contributed by atoms with Gasteiger partial charge in [0.25, 0.3) is 0 Å². The van der Waals surface area contributed by atoms with E-state index in [2.05, 4.69) is 329 Å². The molecule has 10 aromatic carbocycles. The summed E-state index contributed by atoms with van der Waals surface area (Å²) < 4.78 is 10.2. The van der Waals surface area contributed by atoms with Gasteiger partial charge in [0.1, 0.15) is 17.2 Å². The van der Waals surface area contributed by atoms with E-state index in [1.807, 2.05) is 0 Å². The fourth-order valence-corrected chi connectivity index (χ4v) is 12.8. The van der Waals surface area contributed by atoms with Gasteiger partial charge in [-0.05, 0) is 85.3 Å². The second-order valence-corrected chi connectivity index (χ2v) is 24.1. The summed E-state index contributed by atoms with van der Waals surface area (Å²) in [6.45, 7) is 13.4. The van der Waals surface area contributed by atoms with Gasteiger partial charge >= 0.3 is 6.85 Å². The fourth-order valence-electron chi connectivity index (χ4n) is 12.8. The van der Waals surface area contributed by atoms with Crippen LogP contribution in [0.25, 0.3) is 55.8 Å². The number of hydrogen-bond donors (Lipinski definition) is 0. The molecular weight excluding hydrogens is 994 g/mol. The third-order valence-corrected chi connectivity index (χ3v) is 16.9.